The Labute approximate surface area is 155 Å². The average molecular weight is 367 g/mol. The van der Waals surface area contributed by atoms with Crippen molar-refractivity contribution in [1.82, 2.24) is 29.6 Å². The number of hydrogen-bond donors (Lipinski definition) is 1. The fourth-order valence-electron chi connectivity index (χ4n) is 3.29. The third kappa shape index (κ3) is 2.76. The van der Waals surface area contributed by atoms with Crippen LogP contribution in [0.15, 0.2) is 29.0 Å². The van der Waals surface area contributed by atoms with E-state index in [1.807, 2.05) is 35.3 Å². The van der Waals surface area contributed by atoms with Crippen LogP contribution in [-0.4, -0.2) is 29.6 Å². The van der Waals surface area contributed by atoms with Crippen LogP contribution in [0.25, 0.3) is 17.0 Å². The van der Waals surface area contributed by atoms with Crippen molar-refractivity contribution < 1.29 is 0 Å². The van der Waals surface area contributed by atoms with Crippen molar-refractivity contribution in [3.63, 3.8) is 0 Å². The van der Waals surface area contributed by atoms with Gasteiger partial charge in [-0.05, 0) is 43.8 Å². The summed E-state index contributed by atoms with van der Waals surface area (Å²) in [5.41, 5.74) is 5.22. The molecule has 134 valence electrons. The van der Waals surface area contributed by atoms with Gasteiger partial charge in [-0.2, -0.15) is 21.0 Å². The fraction of sp³-hybridized carbons (Fsp3) is 0.333. The van der Waals surface area contributed by atoms with Gasteiger partial charge >= 0.3 is 0 Å². The fourth-order valence-corrected chi connectivity index (χ4v) is 3.92. The predicted octanol–water partition coefficient (Wildman–Crippen LogP) is 3.77. The van der Waals surface area contributed by atoms with Crippen LogP contribution in [0.1, 0.15) is 36.3 Å². The Morgan fingerprint density at radius 1 is 1.15 bits per heavy atom. The average Bonchev–Trinajstić information content (AvgIpc) is 3.33. The summed E-state index contributed by atoms with van der Waals surface area (Å²) in [6.07, 6.45) is 0.937. The minimum atomic E-state index is 0.148. The van der Waals surface area contributed by atoms with Gasteiger partial charge in [-0.15, -0.1) is 15.3 Å². The zero-order valence-electron chi connectivity index (χ0n) is 15.3. The Hall–Kier alpha value is -2.74. The lowest BCUT2D eigenvalue weighted by molar-refractivity contribution is 0.712. The van der Waals surface area contributed by atoms with Crippen molar-refractivity contribution in [1.29, 1.82) is 0 Å². The lowest BCUT2D eigenvalue weighted by Crippen LogP contribution is -2.14. The van der Waals surface area contributed by atoms with Gasteiger partial charge in [0.2, 0.25) is 0 Å². The number of anilines is 1. The molecule has 0 bridgehead atoms. The molecule has 4 rings (SSSR count). The quantitative estimate of drug-likeness (QED) is 0.581. The molecule has 0 amide bonds. The molecular formula is C18H21N7S. The molecule has 0 fully saturated rings. The van der Waals surface area contributed by atoms with Crippen molar-refractivity contribution in [2.45, 2.75) is 33.2 Å². The Morgan fingerprint density at radius 2 is 2.00 bits per heavy atom. The Morgan fingerprint density at radius 3 is 2.65 bits per heavy atom. The number of nitrogens with one attached hydrogen (secondary N) is 1. The molecule has 26 heavy (non-hydrogen) atoms. The summed E-state index contributed by atoms with van der Waals surface area (Å²) >= 11 is 1.63. The molecular weight excluding hydrogens is 346 g/mol. The second-order valence-electron chi connectivity index (χ2n) is 6.34. The molecule has 4 aromatic heterocycles. The predicted molar refractivity (Wildman–Crippen MR) is 103 cm³/mol. The minimum absolute atomic E-state index is 0.148. The lowest BCUT2D eigenvalue weighted by atomic mass is 10.0. The van der Waals surface area contributed by atoms with E-state index in [1.54, 1.807) is 15.9 Å². The van der Waals surface area contributed by atoms with Crippen LogP contribution in [0, 0.1) is 13.8 Å². The van der Waals surface area contributed by atoms with Crippen molar-refractivity contribution in [3.8, 4) is 11.4 Å². The Balaban J connectivity index is 1.71. The maximum absolute atomic E-state index is 4.73. The van der Waals surface area contributed by atoms with E-state index in [0.717, 1.165) is 35.0 Å². The van der Waals surface area contributed by atoms with Crippen molar-refractivity contribution >= 4 is 22.8 Å². The van der Waals surface area contributed by atoms with Gasteiger partial charge in [0.15, 0.2) is 11.5 Å². The molecule has 0 aliphatic carbocycles. The standard InChI is InChI=1S/C18H21N7S/c1-5-14(17-11(2)22-24(4)12(17)3)19-15-6-7-16-20-21-18(25(16)23-15)13-8-9-26-10-13/h6-10,14H,5H2,1-4H3,(H,19,23). The molecule has 1 unspecified atom stereocenters. The van der Waals surface area contributed by atoms with Crippen LogP contribution in [0.4, 0.5) is 5.82 Å². The van der Waals surface area contributed by atoms with Crippen LogP contribution in [0.3, 0.4) is 0 Å². The summed E-state index contributed by atoms with van der Waals surface area (Å²) in [6, 6.07) is 6.06. The molecule has 1 atom stereocenters. The van der Waals surface area contributed by atoms with Gasteiger partial charge in [0.05, 0.1) is 11.7 Å². The summed E-state index contributed by atoms with van der Waals surface area (Å²) in [4.78, 5) is 0. The summed E-state index contributed by atoms with van der Waals surface area (Å²) < 4.78 is 3.72. The third-order valence-corrected chi connectivity index (χ3v) is 5.37. The van der Waals surface area contributed by atoms with Gasteiger partial charge in [-0.1, -0.05) is 6.92 Å². The highest BCUT2D eigenvalue weighted by atomic mass is 32.1. The van der Waals surface area contributed by atoms with Gasteiger partial charge < -0.3 is 5.32 Å². The Kier molecular flexibility index (Phi) is 4.20. The van der Waals surface area contributed by atoms with Gasteiger partial charge in [0, 0.05) is 29.2 Å². The molecule has 0 saturated heterocycles. The topological polar surface area (TPSA) is 72.9 Å². The second kappa shape index (κ2) is 6.53. The van der Waals surface area contributed by atoms with E-state index in [2.05, 4.69) is 46.8 Å². The largest absolute Gasteiger partial charge is 0.362 e. The third-order valence-electron chi connectivity index (χ3n) is 4.69. The van der Waals surface area contributed by atoms with Crippen molar-refractivity contribution in [3.05, 3.63) is 45.9 Å². The molecule has 1 N–H and O–H groups in total. The number of fused-ring (bicyclic) bond motifs is 1. The maximum atomic E-state index is 4.73. The number of hydrogen-bond acceptors (Lipinski definition) is 6. The molecule has 0 aliphatic rings. The highest BCUT2D eigenvalue weighted by molar-refractivity contribution is 7.08. The zero-order valence-corrected chi connectivity index (χ0v) is 16.1. The zero-order chi connectivity index (χ0) is 18.3. The Bertz CT molecular complexity index is 1050. The lowest BCUT2D eigenvalue weighted by Gasteiger charge is -2.18. The van der Waals surface area contributed by atoms with Gasteiger partial charge in [0.25, 0.3) is 0 Å². The summed E-state index contributed by atoms with van der Waals surface area (Å²) in [7, 11) is 1.98. The number of nitrogens with zero attached hydrogens (tertiary/aromatic N) is 6. The first-order chi connectivity index (χ1) is 12.6. The van der Waals surface area contributed by atoms with E-state index in [-0.39, 0.29) is 6.04 Å². The smallest absolute Gasteiger partial charge is 0.186 e. The van der Waals surface area contributed by atoms with E-state index in [0.29, 0.717) is 0 Å². The van der Waals surface area contributed by atoms with E-state index >= 15 is 0 Å². The first-order valence-electron chi connectivity index (χ1n) is 8.60. The molecule has 0 aromatic carbocycles. The second-order valence-corrected chi connectivity index (χ2v) is 7.12. The van der Waals surface area contributed by atoms with Crippen LogP contribution < -0.4 is 5.32 Å². The summed E-state index contributed by atoms with van der Waals surface area (Å²) in [5, 5.41) is 25.4. The molecule has 0 aliphatic heterocycles. The molecule has 4 aromatic rings. The molecule has 7 nitrogen and oxygen atoms in total. The molecule has 8 heteroatoms. The van der Waals surface area contributed by atoms with Crippen molar-refractivity contribution in [2.24, 2.45) is 7.05 Å². The van der Waals surface area contributed by atoms with Gasteiger partial charge in [0.1, 0.15) is 5.82 Å². The highest BCUT2D eigenvalue weighted by Gasteiger charge is 2.19. The number of aromatic nitrogens is 6. The number of rotatable bonds is 5. The van der Waals surface area contributed by atoms with Crippen molar-refractivity contribution in [2.75, 3.05) is 5.32 Å². The minimum Gasteiger partial charge on any atom is -0.362 e. The summed E-state index contributed by atoms with van der Waals surface area (Å²) in [5.74, 6) is 1.55. The summed E-state index contributed by atoms with van der Waals surface area (Å²) in [6.45, 7) is 6.32. The van der Waals surface area contributed by atoms with Crippen LogP contribution in [-0.2, 0) is 7.05 Å². The molecule has 0 spiro atoms. The van der Waals surface area contributed by atoms with E-state index in [9.17, 15) is 0 Å². The van der Waals surface area contributed by atoms with Crippen LogP contribution >= 0.6 is 11.3 Å². The van der Waals surface area contributed by atoms with Crippen LogP contribution in [0.2, 0.25) is 0 Å². The maximum Gasteiger partial charge on any atom is 0.186 e. The normalized spacial score (nSPS) is 12.6. The molecule has 0 radical (unpaired) electrons. The number of thiophene rings is 1. The SMILES string of the molecule is CCC(Nc1ccc2nnc(-c3ccsc3)n2n1)c1c(C)nn(C)c1C. The van der Waals surface area contributed by atoms with E-state index in [4.69, 9.17) is 5.10 Å². The number of aryl methyl sites for hydroxylation is 2. The van der Waals surface area contributed by atoms with Gasteiger partial charge in [-0.25, -0.2) is 0 Å². The molecule has 4 heterocycles. The first kappa shape index (κ1) is 16.7. The first-order valence-corrected chi connectivity index (χ1v) is 9.54. The van der Waals surface area contributed by atoms with E-state index < -0.39 is 0 Å². The molecule has 0 saturated carbocycles. The van der Waals surface area contributed by atoms with E-state index in [1.165, 1.54) is 11.3 Å². The monoisotopic (exact) mass is 367 g/mol. The highest BCUT2D eigenvalue weighted by Crippen LogP contribution is 2.27. The van der Waals surface area contributed by atoms with Crippen LogP contribution in [0.5, 0.6) is 0 Å². The van der Waals surface area contributed by atoms with Gasteiger partial charge in [-0.3, -0.25) is 4.68 Å².